The summed E-state index contributed by atoms with van der Waals surface area (Å²) in [5, 5.41) is 1.96. The zero-order chi connectivity index (χ0) is 13.1. The molecule has 2 aromatic rings. The summed E-state index contributed by atoms with van der Waals surface area (Å²) in [6.45, 7) is 2.05. The molecule has 0 bridgehead atoms. The fourth-order valence-electron chi connectivity index (χ4n) is 2.00. The molecule has 0 amide bonds. The van der Waals surface area contributed by atoms with E-state index in [9.17, 15) is 9.59 Å². The monoisotopic (exact) mass is 265 g/mol. The Balaban J connectivity index is 2.57. The second-order valence-electron chi connectivity index (χ2n) is 4.05. The minimum Gasteiger partial charge on any atom is -0.385 e. The van der Waals surface area contributed by atoms with Crippen LogP contribution in [0, 0.1) is 0 Å². The van der Waals surface area contributed by atoms with E-state index in [1.165, 1.54) is 10.6 Å². The van der Waals surface area contributed by atoms with Gasteiger partial charge in [0.1, 0.15) is 5.82 Å². The fraction of sp³-hybridized carbons (Fsp3) is 0.333. The SMILES string of the molecule is CCCC(c1cccs1)n1c(N)cc(=O)[nH]c1=O. The average Bonchev–Trinajstić information content (AvgIpc) is 2.79. The maximum Gasteiger partial charge on any atom is 0.330 e. The Morgan fingerprint density at radius 1 is 1.50 bits per heavy atom. The molecule has 0 radical (unpaired) electrons. The first-order chi connectivity index (χ1) is 8.63. The van der Waals surface area contributed by atoms with E-state index in [1.54, 1.807) is 11.3 Å². The lowest BCUT2D eigenvalue weighted by Crippen LogP contribution is -2.34. The van der Waals surface area contributed by atoms with Crippen molar-refractivity contribution in [3.63, 3.8) is 0 Å². The molecule has 0 aliphatic heterocycles. The van der Waals surface area contributed by atoms with E-state index in [0.29, 0.717) is 0 Å². The molecule has 96 valence electrons. The summed E-state index contributed by atoms with van der Waals surface area (Å²) in [7, 11) is 0. The van der Waals surface area contributed by atoms with Gasteiger partial charge >= 0.3 is 5.69 Å². The molecule has 3 N–H and O–H groups in total. The zero-order valence-electron chi connectivity index (χ0n) is 10.1. The van der Waals surface area contributed by atoms with Crippen molar-refractivity contribution in [2.75, 3.05) is 5.73 Å². The third-order valence-electron chi connectivity index (χ3n) is 2.75. The molecule has 0 aliphatic rings. The van der Waals surface area contributed by atoms with Gasteiger partial charge in [0.15, 0.2) is 0 Å². The standard InChI is InChI=1S/C12H15N3O2S/c1-2-4-8(9-5-3-6-18-9)15-10(13)7-11(16)14-12(15)17/h3,5-8H,2,4,13H2,1H3,(H,14,16,17). The minimum absolute atomic E-state index is 0.112. The number of anilines is 1. The number of aromatic nitrogens is 2. The molecule has 0 saturated carbocycles. The molecule has 0 aromatic carbocycles. The average molecular weight is 265 g/mol. The lowest BCUT2D eigenvalue weighted by Gasteiger charge is -2.19. The number of aromatic amines is 1. The van der Waals surface area contributed by atoms with Crippen molar-refractivity contribution in [2.24, 2.45) is 0 Å². The van der Waals surface area contributed by atoms with Gasteiger partial charge in [-0.3, -0.25) is 14.3 Å². The Hall–Kier alpha value is -1.82. The van der Waals surface area contributed by atoms with Crippen molar-refractivity contribution in [3.8, 4) is 0 Å². The smallest absolute Gasteiger partial charge is 0.330 e. The lowest BCUT2D eigenvalue weighted by atomic mass is 10.1. The quantitative estimate of drug-likeness (QED) is 0.880. The Morgan fingerprint density at radius 2 is 2.28 bits per heavy atom. The van der Waals surface area contributed by atoms with E-state index in [4.69, 9.17) is 5.73 Å². The number of rotatable bonds is 4. The van der Waals surface area contributed by atoms with E-state index in [0.717, 1.165) is 17.7 Å². The molecule has 5 nitrogen and oxygen atoms in total. The molecular weight excluding hydrogens is 250 g/mol. The lowest BCUT2D eigenvalue weighted by molar-refractivity contribution is 0.521. The molecule has 0 aliphatic carbocycles. The highest BCUT2D eigenvalue weighted by Crippen LogP contribution is 2.27. The number of nitrogens with two attached hydrogens (primary N) is 1. The van der Waals surface area contributed by atoms with Gasteiger partial charge in [0, 0.05) is 10.9 Å². The molecule has 18 heavy (non-hydrogen) atoms. The van der Waals surface area contributed by atoms with Gasteiger partial charge in [-0.1, -0.05) is 19.4 Å². The number of nitrogens with one attached hydrogen (secondary N) is 1. The van der Waals surface area contributed by atoms with Gasteiger partial charge in [-0.2, -0.15) is 0 Å². The van der Waals surface area contributed by atoms with Crippen LogP contribution in [0.5, 0.6) is 0 Å². The summed E-state index contributed by atoms with van der Waals surface area (Å²) in [6.07, 6.45) is 1.73. The first-order valence-electron chi connectivity index (χ1n) is 5.78. The van der Waals surface area contributed by atoms with Crippen molar-refractivity contribution in [3.05, 3.63) is 49.3 Å². The van der Waals surface area contributed by atoms with E-state index in [-0.39, 0.29) is 11.9 Å². The molecule has 1 unspecified atom stereocenters. The molecule has 0 saturated heterocycles. The van der Waals surface area contributed by atoms with Gasteiger partial charge in [0.25, 0.3) is 5.56 Å². The van der Waals surface area contributed by atoms with E-state index < -0.39 is 11.2 Å². The van der Waals surface area contributed by atoms with Crippen molar-refractivity contribution in [2.45, 2.75) is 25.8 Å². The Morgan fingerprint density at radius 3 is 2.83 bits per heavy atom. The van der Waals surface area contributed by atoms with Gasteiger partial charge < -0.3 is 5.73 Å². The summed E-state index contributed by atoms with van der Waals surface area (Å²) < 4.78 is 1.46. The van der Waals surface area contributed by atoms with Crippen molar-refractivity contribution in [1.82, 2.24) is 9.55 Å². The minimum atomic E-state index is -0.463. The Bertz CT molecular complexity index is 628. The number of nitrogen functional groups attached to an aromatic ring is 1. The summed E-state index contributed by atoms with van der Waals surface area (Å²) in [5.41, 5.74) is 4.89. The van der Waals surface area contributed by atoms with Gasteiger partial charge in [-0.15, -0.1) is 11.3 Å². The van der Waals surface area contributed by atoms with Gasteiger partial charge in [-0.25, -0.2) is 4.79 Å². The van der Waals surface area contributed by atoms with Crippen molar-refractivity contribution < 1.29 is 0 Å². The Kier molecular flexibility index (Phi) is 3.66. The molecule has 2 rings (SSSR count). The number of hydrogen-bond donors (Lipinski definition) is 2. The highest BCUT2D eigenvalue weighted by atomic mass is 32.1. The van der Waals surface area contributed by atoms with Crippen LogP contribution in [-0.2, 0) is 0 Å². The van der Waals surface area contributed by atoms with Gasteiger partial charge in [0.2, 0.25) is 0 Å². The first-order valence-corrected chi connectivity index (χ1v) is 6.66. The highest BCUT2D eigenvalue weighted by molar-refractivity contribution is 7.10. The maximum absolute atomic E-state index is 11.9. The van der Waals surface area contributed by atoms with E-state index in [2.05, 4.69) is 4.98 Å². The van der Waals surface area contributed by atoms with Crippen LogP contribution in [0.3, 0.4) is 0 Å². The second-order valence-corrected chi connectivity index (χ2v) is 5.03. The summed E-state index contributed by atoms with van der Waals surface area (Å²) in [6, 6.07) is 5.05. The third-order valence-corrected chi connectivity index (χ3v) is 3.73. The van der Waals surface area contributed by atoms with Crippen LogP contribution in [0.25, 0.3) is 0 Å². The third kappa shape index (κ3) is 2.38. The van der Waals surface area contributed by atoms with Crippen LogP contribution in [0.4, 0.5) is 5.82 Å². The summed E-state index contributed by atoms with van der Waals surface area (Å²) in [4.78, 5) is 26.4. The van der Waals surface area contributed by atoms with Gasteiger partial charge in [-0.05, 0) is 17.9 Å². The molecular formula is C12H15N3O2S. The van der Waals surface area contributed by atoms with Crippen LogP contribution < -0.4 is 17.0 Å². The van der Waals surface area contributed by atoms with Crippen molar-refractivity contribution >= 4 is 17.2 Å². The van der Waals surface area contributed by atoms with Crippen LogP contribution >= 0.6 is 11.3 Å². The second kappa shape index (κ2) is 5.22. The van der Waals surface area contributed by atoms with Crippen LogP contribution in [0.1, 0.15) is 30.7 Å². The van der Waals surface area contributed by atoms with Crippen LogP contribution in [-0.4, -0.2) is 9.55 Å². The molecule has 0 fully saturated rings. The normalized spacial score (nSPS) is 12.5. The first kappa shape index (κ1) is 12.6. The topological polar surface area (TPSA) is 80.9 Å². The molecule has 2 heterocycles. The van der Waals surface area contributed by atoms with E-state index >= 15 is 0 Å². The van der Waals surface area contributed by atoms with E-state index in [1.807, 2.05) is 24.4 Å². The maximum atomic E-state index is 11.9. The molecule has 6 heteroatoms. The fourth-order valence-corrected chi connectivity index (χ4v) is 2.85. The zero-order valence-corrected chi connectivity index (χ0v) is 10.9. The number of thiophene rings is 1. The van der Waals surface area contributed by atoms with Crippen LogP contribution in [0.2, 0.25) is 0 Å². The number of hydrogen-bond acceptors (Lipinski definition) is 4. The highest BCUT2D eigenvalue weighted by Gasteiger charge is 2.18. The predicted molar refractivity (Wildman–Crippen MR) is 73.1 cm³/mol. The summed E-state index contributed by atoms with van der Waals surface area (Å²) >= 11 is 1.58. The summed E-state index contributed by atoms with van der Waals surface area (Å²) in [5.74, 6) is 0.204. The van der Waals surface area contributed by atoms with Crippen molar-refractivity contribution in [1.29, 1.82) is 0 Å². The number of nitrogens with zero attached hydrogens (tertiary/aromatic N) is 1. The molecule has 0 spiro atoms. The molecule has 2 aromatic heterocycles. The predicted octanol–water partition coefficient (Wildman–Crippen LogP) is 1.57. The largest absolute Gasteiger partial charge is 0.385 e. The van der Waals surface area contributed by atoms with Gasteiger partial charge in [0.05, 0.1) is 6.04 Å². The molecule has 1 atom stereocenters. The Labute approximate surface area is 108 Å². The van der Waals surface area contributed by atoms with Crippen LogP contribution in [0.15, 0.2) is 33.2 Å². The number of H-pyrrole nitrogens is 1.